The van der Waals surface area contributed by atoms with Gasteiger partial charge in [0.1, 0.15) is 0 Å². The third-order valence-corrected chi connectivity index (χ3v) is 2.63. The van der Waals surface area contributed by atoms with Crippen LogP contribution in [0.25, 0.3) is 0 Å². The van der Waals surface area contributed by atoms with Crippen LogP contribution in [0, 0.1) is 3.01 Å². The molecule has 0 aliphatic carbocycles. The third-order valence-electron chi connectivity index (χ3n) is 0.725. The molecular weight excluding hydrogens is 272 g/mol. The van der Waals surface area contributed by atoms with Crippen LogP contribution in [0.4, 0.5) is 0 Å². The van der Waals surface area contributed by atoms with Gasteiger partial charge in [-0.1, -0.05) is 22.9 Å². The Hall–Kier alpha value is 0.450. The van der Waals surface area contributed by atoms with E-state index in [2.05, 4.69) is 27.6 Å². The van der Waals surface area contributed by atoms with E-state index >= 15 is 0 Å². The van der Waals surface area contributed by atoms with Crippen molar-refractivity contribution in [2.24, 2.45) is 0 Å². The molecule has 0 saturated carbocycles. The van der Waals surface area contributed by atoms with Crippen LogP contribution in [0.15, 0.2) is 0 Å². The fraction of sp³-hybridized carbons (Fsp3) is 0.250. The van der Waals surface area contributed by atoms with E-state index < -0.39 is 0 Å². The molecule has 0 aromatic carbocycles. The van der Waals surface area contributed by atoms with Crippen molar-refractivity contribution in [1.82, 2.24) is 4.98 Å². The summed E-state index contributed by atoms with van der Waals surface area (Å²) in [6.07, 6.45) is 0. The Labute approximate surface area is 75.3 Å². The Morgan fingerprint density at radius 1 is 1.78 bits per heavy atom. The second-order valence-corrected chi connectivity index (χ2v) is 4.60. The van der Waals surface area contributed by atoms with Crippen molar-refractivity contribution < 1.29 is 4.74 Å². The minimum absolute atomic E-state index is 0.520. The number of hydrogen-bond acceptors (Lipinski definition) is 3. The molecule has 0 fully saturated rings. The van der Waals surface area contributed by atoms with E-state index in [0.717, 1.165) is 3.01 Å². The Balaban J connectivity index is 3.01. The molecule has 50 valence electrons. The van der Waals surface area contributed by atoms with Crippen LogP contribution in [0.2, 0.25) is 4.34 Å². The molecule has 0 radical (unpaired) electrons. The van der Waals surface area contributed by atoms with Gasteiger partial charge in [-0.25, -0.2) is 0 Å². The smallest absolute Gasteiger partial charge is 0.244 e. The van der Waals surface area contributed by atoms with Gasteiger partial charge in [-0.05, 0) is 22.6 Å². The van der Waals surface area contributed by atoms with Gasteiger partial charge in [0.25, 0.3) is 0 Å². The molecular formula is C4H3ClINOS. The first-order valence-corrected chi connectivity index (χ1v) is 4.37. The monoisotopic (exact) mass is 275 g/mol. The quantitative estimate of drug-likeness (QED) is 0.734. The van der Waals surface area contributed by atoms with Gasteiger partial charge in [-0.2, -0.15) is 4.98 Å². The zero-order chi connectivity index (χ0) is 6.85. The Kier molecular flexibility index (Phi) is 2.54. The number of thiazole rings is 1. The maximum atomic E-state index is 5.67. The van der Waals surface area contributed by atoms with E-state index in [9.17, 15) is 0 Å². The van der Waals surface area contributed by atoms with Gasteiger partial charge in [0.2, 0.25) is 5.88 Å². The number of ether oxygens (including phenoxy) is 1. The molecule has 9 heavy (non-hydrogen) atoms. The lowest BCUT2D eigenvalue weighted by atomic mass is 10.9. The largest absolute Gasteiger partial charge is 0.479 e. The van der Waals surface area contributed by atoms with Crippen LogP contribution < -0.4 is 4.74 Å². The molecule has 0 N–H and O–H groups in total. The summed E-state index contributed by atoms with van der Waals surface area (Å²) in [5.41, 5.74) is 0. The lowest BCUT2D eigenvalue weighted by Crippen LogP contribution is -1.81. The molecule has 1 rings (SSSR count). The maximum absolute atomic E-state index is 5.67. The van der Waals surface area contributed by atoms with Crippen molar-refractivity contribution in [3.8, 4) is 5.88 Å². The number of aromatic nitrogens is 1. The van der Waals surface area contributed by atoms with Crippen LogP contribution in [-0.2, 0) is 0 Å². The van der Waals surface area contributed by atoms with Crippen LogP contribution in [-0.4, -0.2) is 12.1 Å². The summed E-state index contributed by atoms with van der Waals surface area (Å²) in [5.74, 6) is 0.520. The predicted octanol–water partition coefficient (Wildman–Crippen LogP) is 2.41. The summed E-state index contributed by atoms with van der Waals surface area (Å²) < 4.78 is 6.34. The third kappa shape index (κ3) is 1.68. The molecule has 1 aromatic heterocycles. The first-order chi connectivity index (χ1) is 4.24. The van der Waals surface area contributed by atoms with E-state index in [1.165, 1.54) is 11.3 Å². The normalized spacial score (nSPS) is 9.67. The summed E-state index contributed by atoms with van der Waals surface area (Å²) >= 11 is 9.17. The number of nitrogens with zero attached hydrogens (tertiary/aromatic N) is 1. The zero-order valence-electron chi connectivity index (χ0n) is 4.52. The minimum atomic E-state index is 0.520. The summed E-state index contributed by atoms with van der Waals surface area (Å²) in [5, 5.41) is 0. The maximum Gasteiger partial charge on any atom is 0.244 e. The summed E-state index contributed by atoms with van der Waals surface area (Å²) in [7, 11) is 1.55. The Bertz CT molecular complexity index is 214. The summed E-state index contributed by atoms with van der Waals surface area (Å²) in [4.78, 5) is 3.98. The molecule has 1 aromatic rings. The van der Waals surface area contributed by atoms with Crippen molar-refractivity contribution in [2.45, 2.75) is 0 Å². The highest BCUT2D eigenvalue weighted by molar-refractivity contribution is 14.1. The number of rotatable bonds is 1. The van der Waals surface area contributed by atoms with E-state index in [4.69, 9.17) is 16.3 Å². The molecule has 0 unspecified atom stereocenters. The van der Waals surface area contributed by atoms with Crippen LogP contribution >= 0.6 is 45.5 Å². The molecule has 0 aliphatic heterocycles. The van der Waals surface area contributed by atoms with Gasteiger partial charge < -0.3 is 4.74 Å². The number of hydrogen-bond donors (Lipinski definition) is 0. The molecule has 0 atom stereocenters. The zero-order valence-corrected chi connectivity index (χ0v) is 8.25. The Morgan fingerprint density at radius 3 is 2.67 bits per heavy atom. The van der Waals surface area contributed by atoms with Crippen molar-refractivity contribution in [2.75, 3.05) is 7.11 Å². The fourth-order valence-electron chi connectivity index (χ4n) is 0.390. The molecule has 0 aliphatic rings. The molecule has 5 heteroatoms. The van der Waals surface area contributed by atoms with Crippen LogP contribution in [0.1, 0.15) is 0 Å². The topological polar surface area (TPSA) is 22.1 Å². The molecule has 0 saturated heterocycles. The van der Waals surface area contributed by atoms with E-state index in [1.807, 2.05) is 0 Å². The van der Waals surface area contributed by atoms with Gasteiger partial charge >= 0.3 is 0 Å². The van der Waals surface area contributed by atoms with Crippen LogP contribution in [0.5, 0.6) is 5.88 Å². The molecule has 0 spiro atoms. The molecule has 0 amide bonds. The van der Waals surface area contributed by atoms with Gasteiger partial charge in [-0.15, -0.1) is 0 Å². The van der Waals surface area contributed by atoms with E-state index in [-0.39, 0.29) is 0 Å². The van der Waals surface area contributed by atoms with Crippen molar-refractivity contribution in [3.63, 3.8) is 0 Å². The lowest BCUT2D eigenvalue weighted by Gasteiger charge is -1.88. The molecule has 1 heterocycles. The molecule has 0 bridgehead atoms. The second-order valence-electron chi connectivity index (χ2n) is 1.25. The van der Waals surface area contributed by atoms with Crippen molar-refractivity contribution >= 4 is 45.5 Å². The average Bonchev–Trinajstić information content (AvgIpc) is 2.10. The average molecular weight is 275 g/mol. The first kappa shape index (κ1) is 7.56. The van der Waals surface area contributed by atoms with Gasteiger partial charge in [0.05, 0.1) is 7.11 Å². The summed E-state index contributed by atoms with van der Waals surface area (Å²) in [6, 6.07) is 0. The van der Waals surface area contributed by atoms with Crippen molar-refractivity contribution in [1.29, 1.82) is 0 Å². The van der Waals surface area contributed by atoms with Gasteiger partial charge in [0, 0.05) is 0 Å². The highest BCUT2D eigenvalue weighted by Gasteiger charge is 2.05. The highest BCUT2D eigenvalue weighted by Crippen LogP contribution is 2.30. The van der Waals surface area contributed by atoms with Gasteiger partial charge in [-0.3, -0.25) is 0 Å². The second kappa shape index (κ2) is 3.03. The van der Waals surface area contributed by atoms with E-state index in [0.29, 0.717) is 10.2 Å². The number of halogens is 2. The fourth-order valence-corrected chi connectivity index (χ4v) is 2.49. The SMILES string of the molecule is COc1nc(I)sc1Cl. The Morgan fingerprint density at radius 2 is 2.44 bits per heavy atom. The lowest BCUT2D eigenvalue weighted by molar-refractivity contribution is 0.400. The predicted molar refractivity (Wildman–Crippen MR) is 46.4 cm³/mol. The summed E-state index contributed by atoms with van der Waals surface area (Å²) in [6.45, 7) is 0. The molecule has 2 nitrogen and oxygen atoms in total. The first-order valence-electron chi connectivity index (χ1n) is 2.10. The van der Waals surface area contributed by atoms with Crippen molar-refractivity contribution in [3.05, 3.63) is 7.35 Å². The van der Waals surface area contributed by atoms with E-state index in [1.54, 1.807) is 7.11 Å². The van der Waals surface area contributed by atoms with Crippen LogP contribution in [0.3, 0.4) is 0 Å². The highest BCUT2D eigenvalue weighted by atomic mass is 127. The number of methoxy groups -OCH3 is 1. The minimum Gasteiger partial charge on any atom is -0.479 e. The van der Waals surface area contributed by atoms with Gasteiger partial charge in [0.15, 0.2) is 7.35 Å². The standard InChI is InChI=1S/C4H3ClINOS/c1-8-3-2(5)9-4(6)7-3/h1H3.